The molecule has 11 heteroatoms. The van der Waals surface area contributed by atoms with E-state index in [0.717, 1.165) is 30.4 Å². The van der Waals surface area contributed by atoms with Gasteiger partial charge in [0.05, 0.1) is 22.5 Å². The first-order chi connectivity index (χ1) is 18.3. The van der Waals surface area contributed by atoms with Gasteiger partial charge in [-0.2, -0.15) is 5.10 Å². The third kappa shape index (κ3) is 5.52. The fourth-order valence-corrected chi connectivity index (χ4v) is 6.48. The quantitative estimate of drug-likeness (QED) is 0.0829. The van der Waals surface area contributed by atoms with E-state index in [4.69, 9.17) is 21.3 Å². The molecule has 38 heavy (non-hydrogen) atoms. The Balaban J connectivity index is 1.36. The zero-order chi connectivity index (χ0) is 26.8. The van der Waals surface area contributed by atoms with Crippen LogP contribution in [0.5, 0.6) is 5.75 Å². The van der Waals surface area contributed by atoms with Crippen molar-refractivity contribution in [3.63, 3.8) is 0 Å². The molecule has 0 bridgehead atoms. The number of amides is 1. The minimum absolute atomic E-state index is 0.0127. The van der Waals surface area contributed by atoms with E-state index >= 15 is 0 Å². The van der Waals surface area contributed by atoms with Gasteiger partial charge in [-0.3, -0.25) is 19.0 Å². The number of hydrogen-bond donors (Lipinski definition) is 1. The number of nitrogens with zero attached hydrogens (tertiary/aromatic N) is 3. The van der Waals surface area contributed by atoms with Crippen LogP contribution < -0.4 is 15.7 Å². The molecule has 1 amide bonds. The maximum absolute atomic E-state index is 13.7. The lowest BCUT2D eigenvalue weighted by Crippen LogP contribution is -2.24. The van der Waals surface area contributed by atoms with Crippen molar-refractivity contribution in [2.24, 2.45) is 5.10 Å². The van der Waals surface area contributed by atoms with Crippen LogP contribution in [0.2, 0.25) is 5.02 Å². The van der Waals surface area contributed by atoms with Crippen molar-refractivity contribution < 1.29 is 14.3 Å². The first-order valence-electron chi connectivity index (χ1n) is 11.9. The number of esters is 1. The van der Waals surface area contributed by atoms with Gasteiger partial charge in [0, 0.05) is 16.8 Å². The standard InChI is InChI=1S/C27H23ClN4O4S2/c1-15(17-6-12-20(13-7-17)36-16(2)33)30-31-23(34)14-37-27-29-25-24(21-4-3-5-22(21)38-25)26(35)32(27)19-10-8-18(28)9-11-19/h6-13H,3-5,14H2,1-2H3,(H,31,34). The molecule has 2 aromatic heterocycles. The van der Waals surface area contributed by atoms with E-state index < -0.39 is 5.97 Å². The molecule has 0 atom stereocenters. The number of rotatable bonds is 7. The Kier molecular flexibility index (Phi) is 7.64. The third-order valence-electron chi connectivity index (χ3n) is 6.01. The Morgan fingerprint density at radius 1 is 1.13 bits per heavy atom. The summed E-state index contributed by atoms with van der Waals surface area (Å²) in [6, 6.07) is 13.8. The summed E-state index contributed by atoms with van der Waals surface area (Å²) in [5.74, 6) is -0.289. The van der Waals surface area contributed by atoms with E-state index in [2.05, 4.69) is 10.5 Å². The highest BCUT2D eigenvalue weighted by Gasteiger charge is 2.24. The van der Waals surface area contributed by atoms with Crippen molar-refractivity contribution in [3.8, 4) is 11.4 Å². The number of carbonyl (C=O) groups excluding carboxylic acids is 2. The molecule has 2 aromatic carbocycles. The Bertz CT molecular complexity index is 1630. The van der Waals surface area contributed by atoms with Crippen LogP contribution in [0, 0.1) is 0 Å². The van der Waals surface area contributed by atoms with Crippen LogP contribution in [0.3, 0.4) is 0 Å². The number of ether oxygens (including phenoxy) is 1. The van der Waals surface area contributed by atoms with Crippen molar-refractivity contribution in [2.75, 3.05) is 5.75 Å². The lowest BCUT2D eigenvalue weighted by Gasteiger charge is -2.12. The van der Waals surface area contributed by atoms with Crippen molar-refractivity contribution in [2.45, 2.75) is 38.3 Å². The van der Waals surface area contributed by atoms with Gasteiger partial charge in [-0.05, 0) is 85.8 Å². The van der Waals surface area contributed by atoms with Gasteiger partial charge in [0.1, 0.15) is 10.6 Å². The van der Waals surface area contributed by atoms with Crippen LogP contribution in [0.15, 0.2) is 63.6 Å². The fourth-order valence-electron chi connectivity index (χ4n) is 4.24. The molecule has 0 fully saturated rings. The highest BCUT2D eigenvalue weighted by Crippen LogP contribution is 2.36. The largest absolute Gasteiger partial charge is 0.427 e. The number of fused-ring (bicyclic) bond motifs is 3. The number of aromatic nitrogens is 2. The maximum Gasteiger partial charge on any atom is 0.308 e. The van der Waals surface area contributed by atoms with E-state index in [9.17, 15) is 14.4 Å². The number of aryl methyl sites for hydroxylation is 2. The van der Waals surface area contributed by atoms with Crippen LogP contribution in [0.25, 0.3) is 15.9 Å². The molecular weight excluding hydrogens is 544 g/mol. The smallest absolute Gasteiger partial charge is 0.308 e. The number of thioether (sulfide) groups is 1. The van der Waals surface area contributed by atoms with Crippen LogP contribution in [-0.4, -0.2) is 32.9 Å². The summed E-state index contributed by atoms with van der Waals surface area (Å²) in [4.78, 5) is 44.2. The van der Waals surface area contributed by atoms with Crippen molar-refractivity contribution in [3.05, 3.63) is 79.9 Å². The lowest BCUT2D eigenvalue weighted by molar-refractivity contribution is -0.131. The second kappa shape index (κ2) is 11.1. The van der Waals surface area contributed by atoms with Crippen LogP contribution in [0.1, 0.15) is 36.3 Å². The molecule has 1 aliphatic carbocycles. The highest BCUT2D eigenvalue weighted by molar-refractivity contribution is 7.99. The second-order valence-corrected chi connectivity index (χ2v) is 11.2. The van der Waals surface area contributed by atoms with Crippen LogP contribution in [-0.2, 0) is 22.4 Å². The van der Waals surface area contributed by atoms with Gasteiger partial charge in [0.25, 0.3) is 11.5 Å². The molecule has 194 valence electrons. The van der Waals surface area contributed by atoms with Gasteiger partial charge >= 0.3 is 5.97 Å². The van der Waals surface area contributed by atoms with Gasteiger partial charge in [-0.15, -0.1) is 11.3 Å². The van der Waals surface area contributed by atoms with Crippen molar-refractivity contribution in [1.82, 2.24) is 15.0 Å². The second-order valence-electron chi connectivity index (χ2n) is 8.69. The topological polar surface area (TPSA) is 103 Å². The molecule has 2 heterocycles. The van der Waals surface area contributed by atoms with Crippen LogP contribution >= 0.6 is 34.7 Å². The summed E-state index contributed by atoms with van der Waals surface area (Å²) >= 11 is 8.81. The average molecular weight is 567 g/mol. The normalized spacial score (nSPS) is 13.0. The molecule has 4 aromatic rings. The number of halogens is 1. The fraction of sp³-hybridized carbons (Fsp3) is 0.222. The van der Waals surface area contributed by atoms with E-state index in [0.29, 0.717) is 37.5 Å². The number of hydrazone groups is 1. The predicted octanol–water partition coefficient (Wildman–Crippen LogP) is 5.15. The summed E-state index contributed by atoms with van der Waals surface area (Å²) in [5.41, 5.74) is 5.52. The summed E-state index contributed by atoms with van der Waals surface area (Å²) in [7, 11) is 0. The molecule has 0 radical (unpaired) electrons. The van der Waals surface area contributed by atoms with Gasteiger partial charge in [-0.1, -0.05) is 23.4 Å². The van der Waals surface area contributed by atoms with Gasteiger partial charge in [0.15, 0.2) is 5.16 Å². The molecule has 1 aliphatic rings. The third-order valence-corrected chi connectivity index (χ3v) is 8.38. The van der Waals surface area contributed by atoms with E-state index in [1.807, 2.05) is 0 Å². The molecule has 5 rings (SSSR count). The lowest BCUT2D eigenvalue weighted by atomic mass is 10.1. The Hall–Kier alpha value is -3.47. The molecule has 0 aliphatic heterocycles. The Morgan fingerprint density at radius 2 is 1.87 bits per heavy atom. The monoisotopic (exact) mass is 566 g/mol. The molecule has 0 saturated heterocycles. The van der Waals surface area contributed by atoms with Gasteiger partial charge in [-0.25, -0.2) is 10.4 Å². The number of thiophene rings is 1. The number of hydrogen-bond acceptors (Lipinski definition) is 8. The zero-order valence-corrected chi connectivity index (χ0v) is 23.0. The molecule has 0 spiro atoms. The van der Waals surface area contributed by atoms with E-state index in [1.54, 1.807) is 71.4 Å². The SMILES string of the molecule is CC(=O)Oc1ccc(C(C)=NNC(=O)CSc2nc3sc4c(c3c(=O)n2-c2ccc(Cl)cc2)CCC4)cc1. The highest BCUT2D eigenvalue weighted by atomic mass is 35.5. The molecule has 0 unspecified atom stereocenters. The number of carbonyl (C=O) groups is 2. The summed E-state index contributed by atoms with van der Waals surface area (Å²) in [5, 5.41) is 5.85. The average Bonchev–Trinajstić information content (AvgIpc) is 3.48. The predicted molar refractivity (Wildman–Crippen MR) is 151 cm³/mol. The van der Waals surface area contributed by atoms with Gasteiger partial charge in [0.2, 0.25) is 0 Å². The van der Waals surface area contributed by atoms with Crippen molar-refractivity contribution in [1.29, 1.82) is 0 Å². The Morgan fingerprint density at radius 3 is 2.58 bits per heavy atom. The first kappa shape index (κ1) is 26.1. The minimum atomic E-state index is -0.397. The zero-order valence-electron chi connectivity index (χ0n) is 20.6. The molecule has 0 saturated carbocycles. The number of nitrogens with one attached hydrogen (secondary N) is 1. The maximum atomic E-state index is 13.7. The van der Waals surface area contributed by atoms with Crippen LogP contribution in [0.4, 0.5) is 0 Å². The van der Waals surface area contributed by atoms with E-state index in [-0.39, 0.29) is 17.2 Å². The molecule has 1 N–H and O–H groups in total. The van der Waals surface area contributed by atoms with Gasteiger partial charge < -0.3 is 4.74 Å². The molecule has 8 nitrogen and oxygen atoms in total. The first-order valence-corrected chi connectivity index (χ1v) is 14.1. The summed E-state index contributed by atoms with van der Waals surface area (Å²) in [6.07, 6.45) is 2.89. The summed E-state index contributed by atoms with van der Waals surface area (Å²) in [6.45, 7) is 3.10. The Labute approximate surface area is 231 Å². The van der Waals surface area contributed by atoms with E-state index in [1.165, 1.54) is 23.6 Å². The summed E-state index contributed by atoms with van der Waals surface area (Å²) < 4.78 is 6.59. The minimum Gasteiger partial charge on any atom is -0.427 e. The van der Waals surface area contributed by atoms with Crippen molar-refractivity contribution >= 4 is 62.5 Å². The number of benzene rings is 2. The molecular formula is C27H23ClN4O4S2.